The van der Waals surface area contributed by atoms with Crippen molar-refractivity contribution in [1.82, 2.24) is 25.4 Å². The number of amides is 4. The van der Waals surface area contributed by atoms with Crippen LogP contribution in [0, 0.1) is 28.6 Å². The van der Waals surface area contributed by atoms with Crippen LogP contribution in [0.3, 0.4) is 0 Å². The third-order valence-electron chi connectivity index (χ3n) is 10.1. The van der Waals surface area contributed by atoms with E-state index < -0.39 is 23.5 Å². The molecule has 5 aliphatic rings. The minimum atomic E-state index is -0.889. The molecule has 11 nitrogen and oxygen atoms in total. The summed E-state index contributed by atoms with van der Waals surface area (Å²) in [7, 11) is 1.54. The van der Waals surface area contributed by atoms with Crippen LogP contribution in [0.25, 0.3) is 0 Å². The predicted molar refractivity (Wildman–Crippen MR) is 150 cm³/mol. The van der Waals surface area contributed by atoms with Gasteiger partial charge in [0.05, 0.1) is 42.5 Å². The third kappa shape index (κ3) is 5.27. The fourth-order valence-electron chi connectivity index (χ4n) is 7.36. The van der Waals surface area contributed by atoms with Crippen molar-refractivity contribution in [2.45, 2.75) is 70.8 Å². The minimum Gasteiger partial charge on any atom is -0.375 e. The number of ether oxygens (including phenoxy) is 2. The van der Waals surface area contributed by atoms with Crippen LogP contribution in [-0.2, 0) is 23.9 Å². The maximum Gasteiger partial charge on any atom is 0.265 e. The number of thiazole rings is 1. The van der Waals surface area contributed by atoms with Gasteiger partial charge in [0.2, 0.25) is 17.7 Å². The zero-order valence-corrected chi connectivity index (χ0v) is 25.1. The molecule has 5 heterocycles. The summed E-state index contributed by atoms with van der Waals surface area (Å²) in [5.41, 5.74) is 1.07. The van der Waals surface area contributed by atoms with Crippen LogP contribution < -0.4 is 10.6 Å². The first kappa shape index (κ1) is 28.5. The Bertz CT molecular complexity index is 1200. The van der Waals surface area contributed by atoms with E-state index in [1.165, 1.54) is 11.3 Å². The number of nitrogens with one attached hydrogen (secondary N) is 2. The SMILES string of the molecule is CNC(=O)[C@@H](NC(=O)[C@@H]1CN(C(=O)c2cncs2)CC12CN(C(=O)[C@H]1CC1(C)C)C2)[C@@H](C)OCC1CC2CCC1O2. The summed E-state index contributed by atoms with van der Waals surface area (Å²) >= 11 is 1.27. The van der Waals surface area contributed by atoms with Crippen molar-refractivity contribution in [3.05, 3.63) is 16.6 Å². The molecule has 4 aliphatic heterocycles. The molecule has 1 aromatic rings. The Balaban J connectivity index is 1.15. The number of fused-ring (bicyclic) bond motifs is 2. The fraction of sp³-hybridized carbons (Fsp3) is 0.759. The van der Waals surface area contributed by atoms with Gasteiger partial charge < -0.3 is 29.9 Å². The van der Waals surface area contributed by atoms with Gasteiger partial charge in [0, 0.05) is 50.5 Å². The molecule has 4 saturated heterocycles. The lowest BCUT2D eigenvalue weighted by Crippen LogP contribution is -2.65. The number of aromatic nitrogens is 1. The van der Waals surface area contributed by atoms with Gasteiger partial charge in [-0.15, -0.1) is 11.3 Å². The zero-order chi connectivity index (χ0) is 29.1. The number of carbonyl (C=O) groups excluding carboxylic acids is 4. The minimum absolute atomic E-state index is 0.0135. The smallest absolute Gasteiger partial charge is 0.265 e. The van der Waals surface area contributed by atoms with Gasteiger partial charge in [0.1, 0.15) is 10.9 Å². The van der Waals surface area contributed by atoms with Crippen molar-refractivity contribution in [2.75, 3.05) is 39.8 Å². The molecule has 2 bridgehead atoms. The second-order valence-electron chi connectivity index (χ2n) is 13.4. The highest BCUT2D eigenvalue weighted by Gasteiger charge is 2.62. The highest BCUT2D eigenvalue weighted by molar-refractivity contribution is 7.11. The van der Waals surface area contributed by atoms with E-state index in [-0.39, 0.29) is 47.6 Å². The quantitative estimate of drug-likeness (QED) is 0.445. The molecule has 1 aromatic heterocycles. The molecule has 7 atom stereocenters. The Labute approximate surface area is 244 Å². The number of likely N-dealkylation sites (tertiary alicyclic amines) is 2. The number of nitrogens with zero attached hydrogens (tertiary/aromatic N) is 3. The standard InChI is InChI=1S/C29H41N5O6S/c1-16(39-11-17-7-18-5-6-21(17)40-18)23(25(36)30-4)32-24(35)20-10-33(27(38)22-9-31-15-41-22)12-29(20)13-34(14-29)26(37)19-8-28(19,2)3/h9,15-21,23H,5-8,10-14H2,1-4H3,(H,30,36)(H,32,35)/t16-,17?,18?,19-,20+,21?,23+/m1/s1. The van der Waals surface area contributed by atoms with Gasteiger partial charge in [-0.25, -0.2) is 0 Å². The number of hydrogen-bond donors (Lipinski definition) is 2. The lowest BCUT2D eigenvalue weighted by Gasteiger charge is -2.50. The van der Waals surface area contributed by atoms with Gasteiger partial charge in [0.15, 0.2) is 0 Å². The second kappa shape index (κ2) is 10.6. The van der Waals surface area contributed by atoms with Crippen LogP contribution >= 0.6 is 11.3 Å². The number of hydrogen-bond acceptors (Lipinski definition) is 8. The summed E-state index contributed by atoms with van der Waals surface area (Å²) in [6, 6.07) is -0.889. The molecular formula is C29H41N5O6S. The molecule has 224 valence electrons. The van der Waals surface area contributed by atoms with Crippen LogP contribution in [-0.4, -0.2) is 103 Å². The van der Waals surface area contributed by atoms with Crippen molar-refractivity contribution in [2.24, 2.45) is 28.6 Å². The number of likely N-dealkylation sites (N-methyl/N-ethyl adjacent to an activating group) is 1. The normalized spacial score (nSPS) is 32.0. The Morgan fingerprint density at radius 1 is 1.17 bits per heavy atom. The number of carbonyl (C=O) groups is 4. The lowest BCUT2D eigenvalue weighted by molar-refractivity contribution is -0.152. The highest BCUT2D eigenvalue weighted by atomic mass is 32.1. The summed E-state index contributed by atoms with van der Waals surface area (Å²) in [6.07, 6.45) is 5.49. The Kier molecular flexibility index (Phi) is 7.39. The summed E-state index contributed by atoms with van der Waals surface area (Å²) in [5.74, 6) is -0.910. The Hall–Kier alpha value is -2.57. The molecule has 1 aliphatic carbocycles. The Morgan fingerprint density at radius 2 is 1.90 bits per heavy atom. The van der Waals surface area contributed by atoms with Gasteiger partial charge >= 0.3 is 0 Å². The molecule has 4 amide bonds. The van der Waals surface area contributed by atoms with E-state index in [0.29, 0.717) is 43.1 Å². The van der Waals surface area contributed by atoms with Gasteiger partial charge in [-0.3, -0.25) is 24.2 Å². The van der Waals surface area contributed by atoms with E-state index in [0.717, 1.165) is 25.7 Å². The summed E-state index contributed by atoms with van der Waals surface area (Å²) in [4.78, 5) is 61.3. The predicted octanol–water partition coefficient (Wildman–Crippen LogP) is 1.29. The average molecular weight is 588 g/mol. The first-order chi connectivity index (χ1) is 19.5. The van der Waals surface area contributed by atoms with E-state index in [1.807, 2.05) is 4.90 Å². The molecule has 3 unspecified atom stereocenters. The van der Waals surface area contributed by atoms with Crippen molar-refractivity contribution in [3.63, 3.8) is 0 Å². The molecular weight excluding hydrogens is 546 g/mol. The van der Waals surface area contributed by atoms with Crippen LogP contribution in [0.15, 0.2) is 11.7 Å². The van der Waals surface area contributed by atoms with Crippen molar-refractivity contribution in [1.29, 1.82) is 0 Å². The molecule has 6 rings (SSSR count). The van der Waals surface area contributed by atoms with Crippen LogP contribution in [0.4, 0.5) is 0 Å². The van der Waals surface area contributed by atoms with Gasteiger partial charge in [-0.05, 0) is 38.0 Å². The zero-order valence-electron chi connectivity index (χ0n) is 24.3. The molecule has 1 saturated carbocycles. The second-order valence-corrected chi connectivity index (χ2v) is 14.3. The first-order valence-corrected chi connectivity index (χ1v) is 15.6. The summed E-state index contributed by atoms with van der Waals surface area (Å²) in [6.45, 7) is 7.91. The summed E-state index contributed by atoms with van der Waals surface area (Å²) < 4.78 is 12.1. The lowest BCUT2D eigenvalue weighted by atomic mass is 9.70. The average Bonchev–Trinajstić information content (AvgIpc) is 3.56. The third-order valence-corrected chi connectivity index (χ3v) is 10.9. The van der Waals surface area contributed by atoms with Gasteiger partial charge in [-0.2, -0.15) is 0 Å². The molecule has 1 spiro atoms. The Morgan fingerprint density at radius 3 is 2.49 bits per heavy atom. The first-order valence-electron chi connectivity index (χ1n) is 14.8. The molecule has 5 fully saturated rings. The fourth-order valence-corrected chi connectivity index (χ4v) is 7.94. The van der Waals surface area contributed by atoms with E-state index in [2.05, 4.69) is 29.5 Å². The maximum atomic E-state index is 13.9. The number of rotatable bonds is 9. The summed E-state index contributed by atoms with van der Waals surface area (Å²) in [5, 5.41) is 5.63. The van der Waals surface area contributed by atoms with Gasteiger partial charge in [0.25, 0.3) is 5.91 Å². The van der Waals surface area contributed by atoms with Crippen molar-refractivity contribution in [3.8, 4) is 0 Å². The van der Waals surface area contributed by atoms with Crippen LogP contribution in [0.1, 0.15) is 56.1 Å². The largest absolute Gasteiger partial charge is 0.375 e. The van der Waals surface area contributed by atoms with Crippen LogP contribution in [0.2, 0.25) is 0 Å². The van der Waals surface area contributed by atoms with E-state index >= 15 is 0 Å². The van der Waals surface area contributed by atoms with Gasteiger partial charge in [-0.1, -0.05) is 13.8 Å². The van der Waals surface area contributed by atoms with E-state index in [9.17, 15) is 19.2 Å². The molecule has 0 radical (unpaired) electrons. The maximum absolute atomic E-state index is 13.9. The van der Waals surface area contributed by atoms with Crippen molar-refractivity contribution >= 4 is 35.0 Å². The molecule has 2 N–H and O–H groups in total. The highest BCUT2D eigenvalue weighted by Crippen LogP contribution is 2.54. The molecule has 41 heavy (non-hydrogen) atoms. The topological polar surface area (TPSA) is 130 Å². The van der Waals surface area contributed by atoms with E-state index in [4.69, 9.17) is 9.47 Å². The van der Waals surface area contributed by atoms with E-state index in [1.54, 1.807) is 30.6 Å². The molecule has 12 heteroatoms. The molecule has 0 aromatic carbocycles. The van der Waals surface area contributed by atoms with Crippen molar-refractivity contribution < 1.29 is 28.7 Å². The monoisotopic (exact) mass is 587 g/mol. The van der Waals surface area contributed by atoms with Crippen LogP contribution in [0.5, 0.6) is 0 Å².